The number of thioether (sulfide) groups is 1. The average Bonchev–Trinajstić information content (AvgIpc) is 3.26. The molecule has 3 amide bonds. The highest BCUT2D eigenvalue weighted by Gasteiger charge is 2.71. The topological polar surface area (TPSA) is 90.4 Å². The lowest BCUT2D eigenvalue weighted by atomic mass is 9.78. The van der Waals surface area contributed by atoms with Gasteiger partial charge in [0.15, 0.2) is 0 Å². The van der Waals surface area contributed by atoms with Crippen LogP contribution in [0.15, 0.2) is 66.8 Å². The van der Waals surface area contributed by atoms with E-state index in [2.05, 4.69) is 0 Å². The van der Waals surface area contributed by atoms with E-state index in [-0.39, 0.29) is 36.1 Å². The van der Waals surface area contributed by atoms with Gasteiger partial charge in [0.2, 0.25) is 11.8 Å². The van der Waals surface area contributed by atoms with Crippen molar-refractivity contribution in [2.45, 2.75) is 36.8 Å². The normalized spacial score (nSPS) is 28.9. The summed E-state index contributed by atoms with van der Waals surface area (Å²) in [5.41, 5.74) is 3.55. The Morgan fingerprint density at radius 1 is 0.976 bits per heavy atom. The Labute approximate surface area is 244 Å². The van der Waals surface area contributed by atoms with Crippen molar-refractivity contribution in [3.63, 3.8) is 0 Å². The molecule has 2 aromatic rings. The smallest absolute Gasteiger partial charge is 0.251 e. The van der Waals surface area contributed by atoms with E-state index in [0.29, 0.717) is 19.7 Å². The van der Waals surface area contributed by atoms with Crippen LogP contribution in [0.1, 0.15) is 18.1 Å². The van der Waals surface area contributed by atoms with E-state index in [1.807, 2.05) is 87.5 Å². The number of anilines is 2. The second kappa shape index (κ2) is 10.7. The van der Waals surface area contributed by atoms with Crippen molar-refractivity contribution in [2.75, 3.05) is 42.6 Å². The molecule has 0 aromatic heterocycles. The standard InChI is InChI=1S/C32H35N3O5S/c1-4-40-23-12-10-22(11-13-23)33-15-5-7-25-26(29(33)37)27-30(38)35(17-18-36)28-31(39)34(16-6-14-32(27,28)41-25)24-19-20(2)8-9-21(24)3/h5-14,19,25-28,36H,4,15-18H2,1-3H3/t25-,26+,27+,28?,32+/m1/s1. The number of carbonyl (C=O) groups is 3. The third-order valence-electron chi connectivity index (χ3n) is 8.61. The number of amides is 3. The van der Waals surface area contributed by atoms with Crippen molar-refractivity contribution in [2.24, 2.45) is 11.8 Å². The van der Waals surface area contributed by atoms with E-state index < -0.39 is 22.6 Å². The molecule has 4 aliphatic rings. The van der Waals surface area contributed by atoms with Crippen LogP contribution in [0.2, 0.25) is 0 Å². The molecule has 6 rings (SSSR count). The predicted molar refractivity (Wildman–Crippen MR) is 160 cm³/mol. The third-order valence-corrected chi connectivity index (χ3v) is 10.4. The van der Waals surface area contributed by atoms with E-state index in [1.54, 1.807) is 21.6 Å². The molecule has 0 bridgehead atoms. The molecule has 4 aliphatic heterocycles. The summed E-state index contributed by atoms with van der Waals surface area (Å²) in [6.07, 6.45) is 7.99. The van der Waals surface area contributed by atoms with Crippen molar-refractivity contribution in [3.8, 4) is 5.75 Å². The van der Waals surface area contributed by atoms with Gasteiger partial charge in [0.1, 0.15) is 11.8 Å². The number of benzene rings is 2. The number of aliphatic hydroxyl groups is 1. The second-order valence-electron chi connectivity index (χ2n) is 11.0. The molecule has 5 atom stereocenters. The molecule has 1 unspecified atom stereocenters. The number of ether oxygens (including phenoxy) is 1. The van der Waals surface area contributed by atoms with Gasteiger partial charge in [-0.2, -0.15) is 0 Å². The van der Waals surface area contributed by atoms with Gasteiger partial charge in [-0.15, -0.1) is 11.8 Å². The van der Waals surface area contributed by atoms with Gasteiger partial charge in [-0.05, 0) is 62.2 Å². The second-order valence-corrected chi connectivity index (χ2v) is 12.5. The number of likely N-dealkylation sites (tertiary alicyclic amines) is 1. The predicted octanol–water partition coefficient (Wildman–Crippen LogP) is 3.50. The number of aryl methyl sites for hydroxylation is 2. The van der Waals surface area contributed by atoms with Crippen LogP contribution >= 0.6 is 11.8 Å². The van der Waals surface area contributed by atoms with Crippen LogP contribution in [-0.2, 0) is 14.4 Å². The minimum absolute atomic E-state index is 0.0343. The molecule has 2 fully saturated rings. The van der Waals surface area contributed by atoms with E-state index in [0.717, 1.165) is 28.3 Å². The van der Waals surface area contributed by atoms with Crippen molar-refractivity contribution in [1.82, 2.24) is 4.90 Å². The number of hydrogen-bond acceptors (Lipinski definition) is 6. The maximum atomic E-state index is 14.5. The van der Waals surface area contributed by atoms with Gasteiger partial charge in [-0.1, -0.05) is 36.4 Å². The van der Waals surface area contributed by atoms with E-state index in [1.165, 1.54) is 4.90 Å². The van der Waals surface area contributed by atoms with E-state index >= 15 is 0 Å². The third kappa shape index (κ3) is 4.37. The minimum atomic E-state index is -0.924. The summed E-state index contributed by atoms with van der Waals surface area (Å²) in [7, 11) is 0. The SMILES string of the molecule is CCOc1ccc(N2CC=C[C@H]3S[C@]45C=CCN(c6cc(C)ccc6C)C(=O)C4N(CCO)C(=O)[C@@H]5[C@H]3C2=O)cc1. The van der Waals surface area contributed by atoms with Gasteiger partial charge in [0, 0.05) is 36.3 Å². The van der Waals surface area contributed by atoms with Crippen LogP contribution in [0.3, 0.4) is 0 Å². The molecular weight excluding hydrogens is 538 g/mol. The quantitative estimate of drug-likeness (QED) is 0.533. The van der Waals surface area contributed by atoms with Gasteiger partial charge in [-0.3, -0.25) is 14.4 Å². The monoisotopic (exact) mass is 573 g/mol. The zero-order chi connectivity index (χ0) is 28.9. The van der Waals surface area contributed by atoms with Crippen LogP contribution in [-0.4, -0.2) is 76.6 Å². The summed E-state index contributed by atoms with van der Waals surface area (Å²) < 4.78 is 4.65. The molecule has 41 heavy (non-hydrogen) atoms. The Morgan fingerprint density at radius 3 is 2.46 bits per heavy atom. The zero-order valence-electron chi connectivity index (χ0n) is 23.5. The number of aliphatic hydroxyl groups excluding tert-OH is 1. The number of hydrogen-bond donors (Lipinski definition) is 1. The molecule has 2 aromatic carbocycles. The minimum Gasteiger partial charge on any atom is -0.494 e. The molecule has 8 nitrogen and oxygen atoms in total. The van der Waals surface area contributed by atoms with Crippen LogP contribution in [0.25, 0.3) is 0 Å². The molecule has 1 spiro atoms. The highest BCUT2D eigenvalue weighted by atomic mass is 32.2. The van der Waals surface area contributed by atoms with E-state index in [4.69, 9.17) is 4.74 Å². The first-order chi connectivity index (χ1) is 19.8. The van der Waals surface area contributed by atoms with Gasteiger partial charge in [0.05, 0.1) is 29.8 Å². The Morgan fingerprint density at radius 2 is 1.73 bits per heavy atom. The number of rotatable bonds is 6. The van der Waals surface area contributed by atoms with Crippen LogP contribution in [0.5, 0.6) is 5.75 Å². The van der Waals surface area contributed by atoms with Gasteiger partial charge < -0.3 is 24.5 Å². The summed E-state index contributed by atoms with van der Waals surface area (Å²) >= 11 is 1.54. The van der Waals surface area contributed by atoms with Crippen molar-refractivity contribution >= 4 is 40.9 Å². The lowest BCUT2D eigenvalue weighted by Gasteiger charge is -2.35. The van der Waals surface area contributed by atoms with Gasteiger partial charge in [-0.25, -0.2) is 0 Å². The summed E-state index contributed by atoms with van der Waals surface area (Å²) in [6, 6.07) is 12.6. The lowest BCUT2D eigenvalue weighted by Crippen LogP contribution is -2.54. The highest BCUT2D eigenvalue weighted by molar-refractivity contribution is 8.02. The molecular formula is C32H35N3O5S. The van der Waals surface area contributed by atoms with Crippen LogP contribution in [0.4, 0.5) is 11.4 Å². The lowest BCUT2D eigenvalue weighted by molar-refractivity contribution is -0.139. The highest BCUT2D eigenvalue weighted by Crippen LogP contribution is 2.61. The van der Waals surface area contributed by atoms with E-state index in [9.17, 15) is 19.5 Å². The maximum absolute atomic E-state index is 14.5. The Bertz CT molecular complexity index is 1440. The first kappa shape index (κ1) is 27.6. The number of carbonyl (C=O) groups excluding carboxylic acids is 3. The number of β-amino-alcohol motifs (C(OH)–C–C–N with tert-alkyl or cyclic N) is 1. The Hall–Kier alpha value is -3.56. The fourth-order valence-corrected chi connectivity index (χ4v) is 8.84. The first-order valence-corrected chi connectivity index (χ1v) is 15.0. The van der Waals surface area contributed by atoms with Crippen molar-refractivity contribution < 1.29 is 24.2 Å². The maximum Gasteiger partial charge on any atom is 0.251 e. The fourth-order valence-electron chi connectivity index (χ4n) is 6.83. The molecule has 0 radical (unpaired) electrons. The van der Waals surface area contributed by atoms with Crippen molar-refractivity contribution in [1.29, 1.82) is 0 Å². The summed E-state index contributed by atoms with van der Waals surface area (Å²) in [4.78, 5) is 48.0. The molecule has 2 saturated heterocycles. The first-order valence-electron chi connectivity index (χ1n) is 14.2. The summed E-state index contributed by atoms with van der Waals surface area (Å²) in [5, 5.41) is 9.70. The Balaban J connectivity index is 1.40. The molecule has 4 heterocycles. The molecule has 0 saturated carbocycles. The summed E-state index contributed by atoms with van der Waals surface area (Å²) in [6.45, 7) is 6.97. The van der Waals surface area contributed by atoms with Gasteiger partial charge >= 0.3 is 0 Å². The van der Waals surface area contributed by atoms with Crippen LogP contribution in [0, 0.1) is 25.7 Å². The number of fused-ring (bicyclic) bond motifs is 2. The molecule has 1 N–H and O–H groups in total. The zero-order valence-corrected chi connectivity index (χ0v) is 24.3. The molecule has 0 aliphatic carbocycles. The summed E-state index contributed by atoms with van der Waals surface area (Å²) in [5.74, 6) is -1.21. The Kier molecular flexibility index (Phi) is 7.20. The van der Waals surface area contributed by atoms with Crippen molar-refractivity contribution in [3.05, 3.63) is 77.9 Å². The fraction of sp³-hybridized carbons (Fsp3) is 0.406. The number of nitrogens with zero attached hydrogens (tertiary/aromatic N) is 3. The van der Waals surface area contributed by atoms with Gasteiger partial charge in [0.25, 0.3) is 5.91 Å². The van der Waals surface area contributed by atoms with Crippen LogP contribution < -0.4 is 14.5 Å². The molecule has 214 valence electrons. The largest absolute Gasteiger partial charge is 0.494 e. The average molecular weight is 574 g/mol. The molecule has 9 heteroatoms.